The van der Waals surface area contributed by atoms with E-state index < -0.39 is 6.10 Å². The van der Waals surface area contributed by atoms with Gasteiger partial charge in [-0.25, -0.2) is 0 Å². The van der Waals surface area contributed by atoms with E-state index in [2.05, 4.69) is 10.6 Å². The SMILES string of the molecule is COc1ccc(CC(=O)NCCNC(=O)C(C)Oc2ccc(Cl)cc2)cc1. The number of hydrogen-bond donors (Lipinski definition) is 2. The van der Waals surface area contributed by atoms with Crippen LogP contribution in [0.1, 0.15) is 12.5 Å². The van der Waals surface area contributed by atoms with Gasteiger partial charge in [-0.3, -0.25) is 9.59 Å². The molecule has 6 nitrogen and oxygen atoms in total. The van der Waals surface area contributed by atoms with E-state index in [1.54, 1.807) is 38.3 Å². The van der Waals surface area contributed by atoms with Crippen LogP contribution in [-0.2, 0) is 16.0 Å². The number of rotatable bonds is 9. The van der Waals surface area contributed by atoms with E-state index in [1.165, 1.54) is 0 Å². The van der Waals surface area contributed by atoms with E-state index in [4.69, 9.17) is 21.1 Å². The minimum Gasteiger partial charge on any atom is -0.497 e. The highest BCUT2D eigenvalue weighted by Gasteiger charge is 2.14. The van der Waals surface area contributed by atoms with Gasteiger partial charge >= 0.3 is 0 Å². The highest BCUT2D eigenvalue weighted by molar-refractivity contribution is 6.30. The number of hydrogen-bond acceptors (Lipinski definition) is 4. The number of halogens is 1. The van der Waals surface area contributed by atoms with Crippen LogP contribution in [0.25, 0.3) is 0 Å². The van der Waals surface area contributed by atoms with Crippen LogP contribution >= 0.6 is 11.6 Å². The summed E-state index contributed by atoms with van der Waals surface area (Å²) in [4.78, 5) is 23.9. The Morgan fingerprint density at radius 2 is 1.56 bits per heavy atom. The highest BCUT2D eigenvalue weighted by Crippen LogP contribution is 2.16. The van der Waals surface area contributed by atoms with E-state index in [0.29, 0.717) is 23.9 Å². The van der Waals surface area contributed by atoms with Crippen molar-refractivity contribution in [3.63, 3.8) is 0 Å². The molecule has 1 unspecified atom stereocenters. The van der Waals surface area contributed by atoms with Crippen LogP contribution in [0.5, 0.6) is 11.5 Å². The number of carbonyl (C=O) groups is 2. The van der Waals surface area contributed by atoms with Crippen LogP contribution in [-0.4, -0.2) is 38.1 Å². The average Bonchev–Trinajstić information content (AvgIpc) is 2.67. The third-order valence-electron chi connectivity index (χ3n) is 3.77. The van der Waals surface area contributed by atoms with E-state index in [0.717, 1.165) is 11.3 Å². The van der Waals surface area contributed by atoms with Gasteiger partial charge in [-0.1, -0.05) is 23.7 Å². The molecule has 144 valence electrons. The van der Waals surface area contributed by atoms with Crippen molar-refractivity contribution in [3.8, 4) is 11.5 Å². The summed E-state index contributed by atoms with van der Waals surface area (Å²) >= 11 is 5.81. The first-order chi connectivity index (χ1) is 13.0. The van der Waals surface area contributed by atoms with Crippen LogP contribution in [0.2, 0.25) is 5.02 Å². The second-order valence-electron chi connectivity index (χ2n) is 5.88. The van der Waals surface area contributed by atoms with Gasteiger partial charge < -0.3 is 20.1 Å². The summed E-state index contributed by atoms with van der Waals surface area (Å²) in [6.07, 6.45) is -0.380. The first-order valence-corrected chi connectivity index (χ1v) is 8.95. The fourth-order valence-electron chi connectivity index (χ4n) is 2.29. The molecule has 0 spiro atoms. The van der Waals surface area contributed by atoms with Crippen LogP contribution < -0.4 is 20.1 Å². The molecule has 0 saturated heterocycles. The molecule has 2 N–H and O–H groups in total. The summed E-state index contributed by atoms with van der Waals surface area (Å²) in [5.41, 5.74) is 0.891. The van der Waals surface area contributed by atoms with E-state index in [1.807, 2.05) is 24.3 Å². The minimum absolute atomic E-state index is 0.111. The third kappa shape index (κ3) is 7.19. The van der Waals surface area contributed by atoms with E-state index >= 15 is 0 Å². The fourth-order valence-corrected chi connectivity index (χ4v) is 2.42. The van der Waals surface area contributed by atoms with Gasteiger partial charge in [-0.2, -0.15) is 0 Å². The number of nitrogens with one attached hydrogen (secondary N) is 2. The molecule has 0 radical (unpaired) electrons. The predicted molar refractivity (Wildman–Crippen MR) is 104 cm³/mol. The Morgan fingerprint density at radius 1 is 0.963 bits per heavy atom. The zero-order valence-electron chi connectivity index (χ0n) is 15.3. The van der Waals surface area contributed by atoms with Crippen molar-refractivity contribution in [3.05, 3.63) is 59.1 Å². The topological polar surface area (TPSA) is 76.7 Å². The Bertz CT molecular complexity index is 748. The average molecular weight is 391 g/mol. The number of methoxy groups -OCH3 is 1. The second kappa shape index (κ2) is 10.4. The van der Waals surface area contributed by atoms with Gasteiger partial charge in [0.1, 0.15) is 11.5 Å². The summed E-state index contributed by atoms with van der Waals surface area (Å²) in [6.45, 7) is 2.32. The molecule has 2 amide bonds. The van der Waals surface area contributed by atoms with Crippen molar-refractivity contribution in [2.45, 2.75) is 19.4 Å². The van der Waals surface area contributed by atoms with E-state index in [-0.39, 0.29) is 18.2 Å². The monoisotopic (exact) mass is 390 g/mol. The van der Waals surface area contributed by atoms with Crippen molar-refractivity contribution in [2.24, 2.45) is 0 Å². The Kier molecular flexibility index (Phi) is 7.95. The molecule has 2 aromatic rings. The molecule has 0 bridgehead atoms. The largest absolute Gasteiger partial charge is 0.497 e. The predicted octanol–water partition coefficient (Wildman–Crippen LogP) is 2.59. The van der Waals surface area contributed by atoms with Crippen LogP contribution in [0.3, 0.4) is 0 Å². The number of ether oxygens (including phenoxy) is 2. The molecule has 0 aliphatic carbocycles. The minimum atomic E-state index is -0.652. The molecular weight excluding hydrogens is 368 g/mol. The maximum absolute atomic E-state index is 12.0. The molecule has 0 aromatic heterocycles. The molecule has 1 atom stereocenters. The Balaban J connectivity index is 1.65. The Morgan fingerprint density at radius 3 is 2.19 bits per heavy atom. The van der Waals surface area contributed by atoms with Gasteiger partial charge in [-0.05, 0) is 48.9 Å². The lowest BCUT2D eigenvalue weighted by Crippen LogP contribution is -2.41. The molecule has 0 aliphatic heterocycles. The molecule has 27 heavy (non-hydrogen) atoms. The Labute approximate surface area is 163 Å². The lowest BCUT2D eigenvalue weighted by molar-refractivity contribution is -0.127. The zero-order chi connectivity index (χ0) is 19.6. The highest BCUT2D eigenvalue weighted by atomic mass is 35.5. The standard InChI is InChI=1S/C20H23ClN2O4/c1-14(27-18-9-5-16(21)6-10-18)20(25)23-12-11-22-19(24)13-15-3-7-17(26-2)8-4-15/h3-10,14H,11-13H2,1-2H3,(H,22,24)(H,23,25). The zero-order valence-corrected chi connectivity index (χ0v) is 16.1. The van der Waals surface area contributed by atoms with Gasteiger partial charge in [0.15, 0.2) is 6.10 Å². The second-order valence-corrected chi connectivity index (χ2v) is 6.32. The molecule has 7 heteroatoms. The summed E-state index contributed by atoms with van der Waals surface area (Å²) in [5, 5.41) is 6.10. The van der Waals surface area contributed by atoms with Gasteiger partial charge in [0.2, 0.25) is 5.91 Å². The molecule has 0 fully saturated rings. The molecule has 0 heterocycles. The van der Waals surface area contributed by atoms with Crippen LogP contribution in [0.15, 0.2) is 48.5 Å². The lowest BCUT2D eigenvalue weighted by atomic mass is 10.1. The van der Waals surface area contributed by atoms with Crippen LogP contribution in [0, 0.1) is 0 Å². The van der Waals surface area contributed by atoms with E-state index in [9.17, 15) is 9.59 Å². The van der Waals surface area contributed by atoms with Crippen molar-refractivity contribution in [1.82, 2.24) is 10.6 Å². The summed E-state index contributed by atoms with van der Waals surface area (Å²) < 4.78 is 10.6. The number of carbonyl (C=O) groups excluding carboxylic acids is 2. The number of amides is 2. The summed E-state index contributed by atoms with van der Waals surface area (Å²) in [6, 6.07) is 14.1. The van der Waals surface area contributed by atoms with Crippen molar-refractivity contribution < 1.29 is 19.1 Å². The molecule has 2 rings (SSSR count). The lowest BCUT2D eigenvalue weighted by Gasteiger charge is -2.15. The van der Waals surface area contributed by atoms with Gasteiger partial charge in [0.05, 0.1) is 13.5 Å². The smallest absolute Gasteiger partial charge is 0.260 e. The first-order valence-electron chi connectivity index (χ1n) is 8.57. The van der Waals surface area contributed by atoms with Crippen molar-refractivity contribution in [2.75, 3.05) is 20.2 Å². The van der Waals surface area contributed by atoms with Gasteiger partial charge in [-0.15, -0.1) is 0 Å². The summed E-state index contributed by atoms with van der Waals surface area (Å²) in [7, 11) is 1.59. The van der Waals surface area contributed by atoms with Gasteiger partial charge in [0, 0.05) is 18.1 Å². The Hall–Kier alpha value is -2.73. The number of benzene rings is 2. The molecule has 0 saturated carbocycles. The maximum Gasteiger partial charge on any atom is 0.260 e. The van der Waals surface area contributed by atoms with Crippen molar-refractivity contribution >= 4 is 23.4 Å². The van der Waals surface area contributed by atoms with Crippen LogP contribution in [0.4, 0.5) is 0 Å². The summed E-state index contributed by atoms with van der Waals surface area (Å²) in [5.74, 6) is 0.945. The first kappa shape index (κ1) is 20.6. The van der Waals surface area contributed by atoms with Crippen molar-refractivity contribution in [1.29, 1.82) is 0 Å². The molecule has 2 aromatic carbocycles. The quantitative estimate of drug-likeness (QED) is 0.645. The molecular formula is C20H23ClN2O4. The third-order valence-corrected chi connectivity index (χ3v) is 4.02. The van der Waals surface area contributed by atoms with Gasteiger partial charge in [0.25, 0.3) is 5.91 Å². The molecule has 0 aliphatic rings. The normalized spacial score (nSPS) is 11.4. The maximum atomic E-state index is 12.0. The fraction of sp³-hybridized carbons (Fsp3) is 0.300.